The van der Waals surface area contributed by atoms with Crippen molar-refractivity contribution in [3.63, 3.8) is 0 Å². The van der Waals surface area contributed by atoms with Gasteiger partial charge in [0.15, 0.2) is 0 Å². The molecule has 0 unspecified atom stereocenters. The van der Waals surface area contributed by atoms with Gasteiger partial charge in [0.05, 0.1) is 5.54 Å². The molecule has 3 nitrogen and oxygen atoms in total. The minimum Gasteiger partial charge on any atom is -0.350 e. The minimum absolute atomic E-state index is 0.218. The van der Waals surface area contributed by atoms with Crippen LogP contribution in [-0.2, 0) is 4.79 Å². The molecule has 0 aromatic rings. The van der Waals surface area contributed by atoms with Crippen LogP contribution in [0.1, 0.15) is 52.4 Å². The van der Waals surface area contributed by atoms with Gasteiger partial charge in [-0.05, 0) is 25.7 Å². The van der Waals surface area contributed by atoms with Crippen LogP contribution in [0.5, 0.6) is 0 Å². The molecular weight excluding hydrogens is 188 g/mol. The van der Waals surface area contributed by atoms with E-state index in [1.165, 1.54) is 19.3 Å². The van der Waals surface area contributed by atoms with Crippen LogP contribution < -0.4 is 10.6 Å². The van der Waals surface area contributed by atoms with E-state index in [9.17, 15) is 4.79 Å². The van der Waals surface area contributed by atoms with Crippen LogP contribution in [0.3, 0.4) is 0 Å². The van der Waals surface area contributed by atoms with Gasteiger partial charge in [-0.2, -0.15) is 0 Å². The lowest BCUT2D eigenvalue weighted by Gasteiger charge is -2.46. The zero-order chi connectivity index (χ0) is 10.9. The van der Waals surface area contributed by atoms with E-state index in [-0.39, 0.29) is 11.4 Å². The predicted molar refractivity (Wildman–Crippen MR) is 60.6 cm³/mol. The van der Waals surface area contributed by atoms with Gasteiger partial charge in [-0.15, -0.1) is 0 Å². The second-order valence-corrected chi connectivity index (χ2v) is 4.90. The first kappa shape index (κ1) is 10.9. The monoisotopic (exact) mass is 210 g/mol. The second-order valence-electron chi connectivity index (χ2n) is 4.90. The Labute approximate surface area is 92.0 Å². The van der Waals surface area contributed by atoms with E-state index in [2.05, 4.69) is 24.5 Å². The maximum atomic E-state index is 12.1. The van der Waals surface area contributed by atoms with Gasteiger partial charge in [0.2, 0.25) is 5.91 Å². The Morgan fingerprint density at radius 2 is 1.80 bits per heavy atom. The van der Waals surface area contributed by atoms with Crippen molar-refractivity contribution >= 4 is 5.91 Å². The molecule has 1 aliphatic carbocycles. The van der Waals surface area contributed by atoms with E-state index in [4.69, 9.17) is 0 Å². The van der Waals surface area contributed by atoms with E-state index in [1.54, 1.807) is 0 Å². The maximum Gasteiger partial charge on any atom is 0.240 e. The van der Waals surface area contributed by atoms with Crippen LogP contribution >= 0.6 is 0 Å². The van der Waals surface area contributed by atoms with Crippen LogP contribution in [0.2, 0.25) is 0 Å². The standard InChI is InChI=1S/C12H22N2O/c1-3-12(4-2)11(15)13-9-7-5-6-8-10(9)14-12/h9-10,14H,3-8H2,1-2H3,(H,13,15)/t9-,10-/m0/s1. The first-order valence-corrected chi connectivity index (χ1v) is 6.30. The van der Waals surface area contributed by atoms with Crippen LogP contribution in [0.4, 0.5) is 0 Å². The van der Waals surface area contributed by atoms with Gasteiger partial charge in [-0.3, -0.25) is 10.1 Å². The number of piperazine rings is 1. The molecule has 1 saturated heterocycles. The Bertz CT molecular complexity index is 248. The van der Waals surface area contributed by atoms with Gasteiger partial charge in [0, 0.05) is 12.1 Å². The van der Waals surface area contributed by atoms with Gasteiger partial charge in [0.25, 0.3) is 0 Å². The molecule has 15 heavy (non-hydrogen) atoms. The molecule has 2 rings (SSSR count). The Morgan fingerprint density at radius 3 is 2.40 bits per heavy atom. The number of fused-ring (bicyclic) bond motifs is 1. The lowest BCUT2D eigenvalue weighted by Crippen LogP contribution is -2.71. The van der Waals surface area contributed by atoms with Crippen LogP contribution in [0.25, 0.3) is 0 Å². The van der Waals surface area contributed by atoms with E-state index in [1.807, 2.05) is 0 Å². The minimum atomic E-state index is -0.293. The summed E-state index contributed by atoms with van der Waals surface area (Å²) < 4.78 is 0. The van der Waals surface area contributed by atoms with Gasteiger partial charge >= 0.3 is 0 Å². The maximum absolute atomic E-state index is 12.1. The number of rotatable bonds is 2. The number of amides is 1. The van der Waals surface area contributed by atoms with Crippen molar-refractivity contribution in [3.05, 3.63) is 0 Å². The van der Waals surface area contributed by atoms with Crippen molar-refractivity contribution in [3.8, 4) is 0 Å². The number of carbonyl (C=O) groups is 1. The summed E-state index contributed by atoms with van der Waals surface area (Å²) in [6.45, 7) is 4.19. The summed E-state index contributed by atoms with van der Waals surface area (Å²) in [5, 5.41) is 6.82. The van der Waals surface area contributed by atoms with E-state index in [0.29, 0.717) is 12.1 Å². The summed E-state index contributed by atoms with van der Waals surface area (Å²) in [6, 6.07) is 0.897. The smallest absolute Gasteiger partial charge is 0.240 e. The molecule has 2 N–H and O–H groups in total. The van der Waals surface area contributed by atoms with Crippen molar-refractivity contribution in [2.75, 3.05) is 0 Å². The van der Waals surface area contributed by atoms with Crippen LogP contribution in [0.15, 0.2) is 0 Å². The van der Waals surface area contributed by atoms with Crippen molar-refractivity contribution in [1.29, 1.82) is 0 Å². The highest BCUT2D eigenvalue weighted by Crippen LogP contribution is 2.28. The zero-order valence-electron chi connectivity index (χ0n) is 9.81. The average Bonchev–Trinajstić information content (AvgIpc) is 2.28. The lowest BCUT2D eigenvalue weighted by molar-refractivity contribution is -0.133. The molecule has 0 aromatic carbocycles. The number of hydrogen-bond donors (Lipinski definition) is 2. The summed E-state index contributed by atoms with van der Waals surface area (Å²) in [5.74, 6) is 0.218. The third-order valence-electron chi connectivity index (χ3n) is 4.19. The topological polar surface area (TPSA) is 41.1 Å². The fraction of sp³-hybridized carbons (Fsp3) is 0.917. The molecule has 2 fully saturated rings. The number of nitrogens with one attached hydrogen (secondary N) is 2. The molecule has 3 heteroatoms. The van der Waals surface area contributed by atoms with E-state index in [0.717, 1.165) is 19.3 Å². The van der Waals surface area contributed by atoms with Gasteiger partial charge in [0.1, 0.15) is 0 Å². The third kappa shape index (κ3) is 1.78. The Hall–Kier alpha value is -0.570. The average molecular weight is 210 g/mol. The fourth-order valence-corrected chi connectivity index (χ4v) is 2.98. The molecule has 1 aliphatic heterocycles. The zero-order valence-corrected chi connectivity index (χ0v) is 9.81. The van der Waals surface area contributed by atoms with Gasteiger partial charge in [-0.1, -0.05) is 26.7 Å². The molecule has 2 atom stereocenters. The van der Waals surface area contributed by atoms with Crippen molar-refractivity contribution in [2.45, 2.75) is 70.0 Å². The summed E-state index contributed by atoms with van der Waals surface area (Å²) in [5.41, 5.74) is -0.293. The normalized spacial score (nSPS) is 34.4. The number of hydrogen-bond acceptors (Lipinski definition) is 2. The Kier molecular flexibility index (Phi) is 3.01. The molecule has 0 bridgehead atoms. The largest absolute Gasteiger partial charge is 0.350 e. The van der Waals surface area contributed by atoms with E-state index < -0.39 is 0 Å². The molecular formula is C12H22N2O. The van der Waals surface area contributed by atoms with E-state index >= 15 is 0 Å². The van der Waals surface area contributed by atoms with Crippen molar-refractivity contribution in [2.24, 2.45) is 0 Å². The first-order chi connectivity index (χ1) is 7.22. The third-order valence-corrected chi connectivity index (χ3v) is 4.19. The fourth-order valence-electron chi connectivity index (χ4n) is 2.98. The highest BCUT2D eigenvalue weighted by molar-refractivity contribution is 5.87. The molecule has 0 radical (unpaired) electrons. The Morgan fingerprint density at radius 1 is 1.20 bits per heavy atom. The quantitative estimate of drug-likeness (QED) is 0.726. The first-order valence-electron chi connectivity index (χ1n) is 6.30. The van der Waals surface area contributed by atoms with Gasteiger partial charge in [-0.25, -0.2) is 0 Å². The summed E-state index contributed by atoms with van der Waals surface area (Å²) in [7, 11) is 0. The molecule has 0 aromatic heterocycles. The molecule has 1 saturated carbocycles. The van der Waals surface area contributed by atoms with Crippen molar-refractivity contribution in [1.82, 2.24) is 10.6 Å². The highest BCUT2D eigenvalue weighted by atomic mass is 16.2. The second kappa shape index (κ2) is 4.12. The Balaban J connectivity index is 2.13. The summed E-state index contributed by atoms with van der Waals surface area (Å²) in [6.07, 6.45) is 6.69. The summed E-state index contributed by atoms with van der Waals surface area (Å²) >= 11 is 0. The molecule has 1 heterocycles. The van der Waals surface area contributed by atoms with Crippen LogP contribution in [-0.4, -0.2) is 23.5 Å². The summed E-state index contributed by atoms with van der Waals surface area (Å²) in [4.78, 5) is 12.1. The predicted octanol–water partition coefficient (Wildman–Crippen LogP) is 1.58. The van der Waals surface area contributed by atoms with Gasteiger partial charge < -0.3 is 5.32 Å². The SMILES string of the molecule is CCC1(CC)N[C@H]2CCCC[C@@H]2NC1=O. The highest BCUT2D eigenvalue weighted by Gasteiger charge is 2.44. The molecule has 2 aliphatic rings. The lowest BCUT2D eigenvalue weighted by atomic mass is 9.81. The molecule has 0 spiro atoms. The van der Waals surface area contributed by atoms with Crippen molar-refractivity contribution < 1.29 is 4.79 Å². The number of carbonyl (C=O) groups excluding carboxylic acids is 1. The molecule has 1 amide bonds. The van der Waals surface area contributed by atoms with Crippen LogP contribution in [0, 0.1) is 0 Å². The molecule has 86 valence electrons.